The van der Waals surface area contributed by atoms with Gasteiger partial charge in [0.2, 0.25) is 0 Å². The first-order valence-corrected chi connectivity index (χ1v) is 8.62. The van der Waals surface area contributed by atoms with Gasteiger partial charge in [-0.05, 0) is 56.4 Å². The van der Waals surface area contributed by atoms with Gasteiger partial charge in [0.25, 0.3) is 5.91 Å². The highest BCUT2D eigenvalue weighted by Crippen LogP contribution is 2.20. The van der Waals surface area contributed by atoms with E-state index in [1.165, 1.54) is 18.4 Å². The molecule has 1 aromatic carbocycles. The van der Waals surface area contributed by atoms with Crippen LogP contribution >= 0.6 is 15.9 Å². The molecule has 0 unspecified atom stereocenters. The minimum Gasteiger partial charge on any atom is -0.422 e. The topological polar surface area (TPSA) is 59.3 Å². The molecule has 0 saturated heterocycles. The first-order chi connectivity index (χ1) is 11.1. The predicted octanol–water partition coefficient (Wildman–Crippen LogP) is 4.18. The van der Waals surface area contributed by atoms with Crippen molar-refractivity contribution < 1.29 is 9.21 Å². The maximum Gasteiger partial charge on any atom is 0.349 e. The van der Waals surface area contributed by atoms with E-state index < -0.39 is 5.63 Å². The van der Waals surface area contributed by atoms with Gasteiger partial charge in [0, 0.05) is 16.4 Å². The number of amides is 1. The van der Waals surface area contributed by atoms with Crippen LogP contribution in [-0.4, -0.2) is 12.5 Å². The summed E-state index contributed by atoms with van der Waals surface area (Å²) in [6.45, 7) is 0.542. The molecule has 23 heavy (non-hydrogen) atoms. The molecule has 1 aliphatic rings. The van der Waals surface area contributed by atoms with Gasteiger partial charge in [0.1, 0.15) is 11.1 Å². The fourth-order valence-corrected chi connectivity index (χ4v) is 3.19. The van der Waals surface area contributed by atoms with Crippen LogP contribution in [0.3, 0.4) is 0 Å². The molecule has 0 aliphatic heterocycles. The number of allylic oxidation sites excluding steroid dienone is 1. The third kappa shape index (κ3) is 3.91. The van der Waals surface area contributed by atoms with Crippen LogP contribution in [0.15, 0.2) is 49.6 Å². The fourth-order valence-electron chi connectivity index (χ4n) is 2.82. The Hall–Kier alpha value is -1.88. The van der Waals surface area contributed by atoms with Gasteiger partial charge < -0.3 is 9.73 Å². The smallest absolute Gasteiger partial charge is 0.349 e. The van der Waals surface area contributed by atoms with Gasteiger partial charge in [-0.1, -0.05) is 27.6 Å². The van der Waals surface area contributed by atoms with Gasteiger partial charge in [0.05, 0.1) is 0 Å². The van der Waals surface area contributed by atoms with Gasteiger partial charge in [-0.3, -0.25) is 4.79 Å². The fraction of sp³-hybridized carbons (Fsp3) is 0.333. The minimum atomic E-state index is -0.603. The Morgan fingerprint density at radius 3 is 2.91 bits per heavy atom. The van der Waals surface area contributed by atoms with Crippen LogP contribution in [0.4, 0.5) is 0 Å². The van der Waals surface area contributed by atoms with E-state index in [-0.39, 0.29) is 11.5 Å². The number of nitrogens with one attached hydrogen (secondary N) is 1. The second kappa shape index (κ2) is 7.13. The van der Waals surface area contributed by atoms with Crippen LogP contribution in [0.2, 0.25) is 0 Å². The van der Waals surface area contributed by atoms with Crippen molar-refractivity contribution in [2.75, 3.05) is 6.54 Å². The number of hydrogen-bond acceptors (Lipinski definition) is 3. The molecule has 0 radical (unpaired) electrons. The zero-order valence-corrected chi connectivity index (χ0v) is 14.3. The van der Waals surface area contributed by atoms with Gasteiger partial charge in [-0.25, -0.2) is 4.79 Å². The molecule has 2 aromatic rings. The Bertz CT molecular complexity index is 823. The van der Waals surface area contributed by atoms with E-state index in [4.69, 9.17) is 4.42 Å². The summed E-state index contributed by atoms with van der Waals surface area (Å²) in [4.78, 5) is 24.2. The molecular weight excluding hydrogens is 358 g/mol. The molecular formula is C18H18BrNO3. The number of carbonyl (C=O) groups is 1. The molecule has 0 bridgehead atoms. The molecule has 0 fully saturated rings. The number of carbonyl (C=O) groups excluding carboxylic acids is 1. The van der Waals surface area contributed by atoms with Crippen molar-refractivity contribution in [2.45, 2.75) is 32.1 Å². The summed E-state index contributed by atoms with van der Waals surface area (Å²) in [7, 11) is 0. The van der Waals surface area contributed by atoms with E-state index in [0.717, 1.165) is 29.1 Å². The van der Waals surface area contributed by atoms with Crippen molar-refractivity contribution in [2.24, 2.45) is 0 Å². The average Bonchev–Trinajstić information content (AvgIpc) is 2.55. The molecule has 0 spiro atoms. The molecule has 120 valence electrons. The van der Waals surface area contributed by atoms with Crippen molar-refractivity contribution in [3.05, 3.63) is 56.4 Å². The lowest BCUT2D eigenvalue weighted by molar-refractivity contribution is 0.0950. The van der Waals surface area contributed by atoms with Crippen LogP contribution in [-0.2, 0) is 0 Å². The molecule has 0 saturated carbocycles. The average molecular weight is 376 g/mol. The normalized spacial score (nSPS) is 14.6. The van der Waals surface area contributed by atoms with Crippen LogP contribution in [0, 0.1) is 0 Å². The zero-order valence-electron chi connectivity index (χ0n) is 12.7. The van der Waals surface area contributed by atoms with Crippen LogP contribution < -0.4 is 10.9 Å². The summed E-state index contributed by atoms with van der Waals surface area (Å²) in [6, 6.07) is 6.91. The van der Waals surface area contributed by atoms with Gasteiger partial charge >= 0.3 is 5.63 Å². The van der Waals surface area contributed by atoms with E-state index in [2.05, 4.69) is 27.3 Å². The molecule has 1 N–H and O–H groups in total. The van der Waals surface area contributed by atoms with E-state index in [1.807, 2.05) is 6.07 Å². The van der Waals surface area contributed by atoms with E-state index in [9.17, 15) is 9.59 Å². The molecule has 4 nitrogen and oxygen atoms in total. The SMILES string of the molecule is O=C(NCCC1=CCCCC1)c1cc2cc(Br)ccc2oc1=O. The first kappa shape index (κ1) is 16.0. The van der Waals surface area contributed by atoms with Gasteiger partial charge in [-0.2, -0.15) is 0 Å². The first-order valence-electron chi connectivity index (χ1n) is 7.83. The lowest BCUT2D eigenvalue weighted by Gasteiger charge is -2.12. The van der Waals surface area contributed by atoms with Crippen LogP contribution in [0.25, 0.3) is 11.0 Å². The summed E-state index contributed by atoms with van der Waals surface area (Å²) < 4.78 is 6.09. The molecule has 5 heteroatoms. The predicted molar refractivity (Wildman–Crippen MR) is 93.7 cm³/mol. The largest absolute Gasteiger partial charge is 0.422 e. The maximum atomic E-state index is 12.2. The van der Waals surface area contributed by atoms with Crippen molar-refractivity contribution in [3.8, 4) is 0 Å². The Labute approximate surface area is 142 Å². The monoisotopic (exact) mass is 375 g/mol. The number of fused-ring (bicyclic) bond motifs is 1. The summed E-state index contributed by atoms with van der Waals surface area (Å²) >= 11 is 3.37. The Morgan fingerprint density at radius 1 is 1.26 bits per heavy atom. The molecule has 3 rings (SSSR count). The molecule has 1 amide bonds. The van der Waals surface area contributed by atoms with E-state index >= 15 is 0 Å². The summed E-state index contributed by atoms with van der Waals surface area (Å²) in [6.07, 6.45) is 7.83. The second-order valence-electron chi connectivity index (χ2n) is 5.74. The van der Waals surface area contributed by atoms with Gasteiger partial charge in [-0.15, -0.1) is 0 Å². The lowest BCUT2D eigenvalue weighted by Crippen LogP contribution is -2.29. The standard InChI is InChI=1S/C18H18BrNO3/c19-14-6-7-16-13(10-14)11-15(18(22)23-16)17(21)20-9-8-12-4-2-1-3-5-12/h4,6-7,10-11H,1-3,5,8-9H2,(H,20,21). The summed E-state index contributed by atoms with van der Waals surface area (Å²) in [5.74, 6) is -0.378. The quantitative estimate of drug-likeness (QED) is 0.644. The third-order valence-corrected chi connectivity index (χ3v) is 4.55. The maximum absolute atomic E-state index is 12.2. The zero-order chi connectivity index (χ0) is 16.2. The Balaban J connectivity index is 1.71. The number of halogens is 1. The highest BCUT2D eigenvalue weighted by atomic mass is 79.9. The molecule has 1 heterocycles. The van der Waals surface area contributed by atoms with Crippen LogP contribution in [0.5, 0.6) is 0 Å². The number of hydrogen-bond donors (Lipinski definition) is 1. The number of benzene rings is 1. The van der Waals surface area contributed by atoms with Gasteiger partial charge in [0.15, 0.2) is 0 Å². The summed E-state index contributed by atoms with van der Waals surface area (Å²) in [5.41, 5.74) is 1.32. The van der Waals surface area contributed by atoms with Crippen molar-refractivity contribution in [1.82, 2.24) is 5.32 Å². The molecule has 1 aromatic heterocycles. The van der Waals surface area contributed by atoms with E-state index in [1.54, 1.807) is 18.2 Å². The molecule has 1 aliphatic carbocycles. The van der Waals surface area contributed by atoms with Crippen molar-refractivity contribution in [3.63, 3.8) is 0 Å². The highest BCUT2D eigenvalue weighted by Gasteiger charge is 2.14. The number of rotatable bonds is 4. The summed E-state index contributed by atoms with van der Waals surface area (Å²) in [5, 5.41) is 3.54. The van der Waals surface area contributed by atoms with Crippen molar-refractivity contribution in [1.29, 1.82) is 0 Å². The van der Waals surface area contributed by atoms with E-state index in [0.29, 0.717) is 12.1 Å². The Kier molecular flexibility index (Phi) is 4.96. The highest BCUT2D eigenvalue weighted by molar-refractivity contribution is 9.10. The van der Waals surface area contributed by atoms with Crippen molar-refractivity contribution >= 4 is 32.8 Å². The Morgan fingerprint density at radius 2 is 2.13 bits per heavy atom. The molecule has 0 atom stereocenters. The third-order valence-electron chi connectivity index (χ3n) is 4.06. The lowest BCUT2D eigenvalue weighted by atomic mass is 9.97. The van der Waals surface area contributed by atoms with Crippen LogP contribution in [0.1, 0.15) is 42.5 Å². The second-order valence-corrected chi connectivity index (χ2v) is 6.66. The minimum absolute atomic E-state index is 0.0493.